The average Bonchev–Trinajstić information content (AvgIpc) is 2.02. The maximum atomic E-state index is 2.42. The highest BCUT2D eigenvalue weighted by Gasteiger charge is 2.36. The minimum absolute atomic E-state index is 0.737. The summed E-state index contributed by atoms with van der Waals surface area (Å²) in [5, 5.41) is 0. The molecule has 1 fully saturated rings. The molecule has 0 heterocycles. The molecule has 0 aromatic rings. The van der Waals surface area contributed by atoms with Gasteiger partial charge in [0, 0.05) is 0 Å². The van der Waals surface area contributed by atoms with Gasteiger partial charge in [0.05, 0.1) is 0 Å². The number of rotatable bonds is 2. The highest BCUT2D eigenvalue weighted by atomic mass is 14.4. The fourth-order valence-corrected chi connectivity index (χ4v) is 1.91. The van der Waals surface area contributed by atoms with Crippen LogP contribution in [0.5, 0.6) is 0 Å². The van der Waals surface area contributed by atoms with E-state index in [0.717, 1.165) is 11.3 Å². The van der Waals surface area contributed by atoms with Crippen molar-refractivity contribution in [3.63, 3.8) is 0 Å². The molecule has 0 bridgehead atoms. The molecule has 1 aliphatic carbocycles. The third-order valence-corrected chi connectivity index (χ3v) is 2.99. The highest BCUT2D eigenvalue weighted by molar-refractivity contribution is 4.88. The summed E-state index contributed by atoms with van der Waals surface area (Å²) in [5.41, 5.74) is 0.737. The zero-order chi connectivity index (χ0) is 8.91. The lowest BCUT2D eigenvalue weighted by atomic mass is 9.61. The Morgan fingerprint density at radius 1 is 1.18 bits per heavy atom. The van der Waals surface area contributed by atoms with Crippen molar-refractivity contribution in [2.24, 2.45) is 11.3 Å². The Hall–Kier alpha value is 0. The predicted octanol–water partition coefficient (Wildman–Crippen LogP) is 4.25. The normalized spacial score (nSPS) is 35.2. The first-order chi connectivity index (χ1) is 5.20. The van der Waals surface area contributed by atoms with Gasteiger partial charge in [-0.05, 0) is 24.2 Å². The second kappa shape index (κ2) is 4.79. The van der Waals surface area contributed by atoms with E-state index >= 15 is 0 Å². The monoisotopic (exact) mass is 156 g/mol. The second-order valence-electron chi connectivity index (χ2n) is 3.85. The summed E-state index contributed by atoms with van der Waals surface area (Å²) in [4.78, 5) is 0. The molecule has 68 valence electrons. The first-order valence-electron chi connectivity index (χ1n) is 5.20. The Morgan fingerprint density at radius 3 is 1.91 bits per heavy atom. The van der Waals surface area contributed by atoms with E-state index in [-0.39, 0.29) is 0 Å². The lowest BCUT2D eigenvalue weighted by Gasteiger charge is -2.44. The topological polar surface area (TPSA) is 0 Å². The molecule has 0 atom stereocenters. The number of hydrogen-bond donors (Lipinski definition) is 0. The van der Waals surface area contributed by atoms with Crippen LogP contribution in [0.3, 0.4) is 0 Å². The molecule has 0 aromatic heterocycles. The molecule has 0 nitrogen and oxygen atoms in total. The van der Waals surface area contributed by atoms with Crippen LogP contribution in [-0.2, 0) is 0 Å². The van der Waals surface area contributed by atoms with Crippen LogP contribution in [0, 0.1) is 11.3 Å². The fraction of sp³-hybridized carbons (Fsp3) is 1.00. The van der Waals surface area contributed by atoms with Gasteiger partial charge in [-0.3, -0.25) is 0 Å². The van der Waals surface area contributed by atoms with Crippen molar-refractivity contribution < 1.29 is 0 Å². The van der Waals surface area contributed by atoms with E-state index in [1.54, 1.807) is 0 Å². The molecule has 0 N–H and O–H groups in total. The highest BCUT2D eigenvalue weighted by Crippen LogP contribution is 2.48. The lowest BCUT2D eigenvalue weighted by Crippen LogP contribution is -2.33. The van der Waals surface area contributed by atoms with E-state index < -0.39 is 0 Å². The third kappa shape index (κ3) is 2.84. The van der Waals surface area contributed by atoms with Gasteiger partial charge in [-0.15, -0.1) is 0 Å². The van der Waals surface area contributed by atoms with Gasteiger partial charge in [-0.25, -0.2) is 0 Å². The molecule has 0 aliphatic heterocycles. The molecular formula is C11H24. The zero-order valence-corrected chi connectivity index (χ0v) is 8.91. The Morgan fingerprint density at radius 2 is 1.64 bits per heavy atom. The summed E-state index contributed by atoms with van der Waals surface area (Å²) in [5.74, 6) is 1.06. The van der Waals surface area contributed by atoms with Crippen LogP contribution in [0.4, 0.5) is 0 Å². The second-order valence-corrected chi connectivity index (χ2v) is 3.85. The van der Waals surface area contributed by atoms with Gasteiger partial charge in [-0.1, -0.05) is 47.5 Å². The Bertz CT molecular complexity index is 88.2. The van der Waals surface area contributed by atoms with Crippen LogP contribution in [0.25, 0.3) is 0 Å². The molecule has 1 saturated carbocycles. The molecule has 1 aliphatic rings. The van der Waals surface area contributed by atoms with Gasteiger partial charge in [0.25, 0.3) is 0 Å². The Balaban J connectivity index is 0.000000461. The van der Waals surface area contributed by atoms with Gasteiger partial charge in [-0.2, -0.15) is 0 Å². The lowest BCUT2D eigenvalue weighted by molar-refractivity contribution is 0.0684. The maximum Gasteiger partial charge on any atom is -0.0323 e. The van der Waals surface area contributed by atoms with Crippen LogP contribution < -0.4 is 0 Å². The summed E-state index contributed by atoms with van der Waals surface area (Å²) in [6.07, 6.45) is 5.75. The van der Waals surface area contributed by atoms with Crippen molar-refractivity contribution in [2.75, 3.05) is 0 Å². The van der Waals surface area contributed by atoms with Crippen molar-refractivity contribution in [3.05, 3.63) is 0 Å². The van der Waals surface area contributed by atoms with Gasteiger partial charge in [0.15, 0.2) is 0 Å². The molecule has 0 unspecified atom stereocenters. The van der Waals surface area contributed by atoms with Crippen LogP contribution >= 0.6 is 0 Å². The van der Waals surface area contributed by atoms with E-state index in [0.29, 0.717) is 0 Å². The Labute approximate surface area is 72.4 Å². The molecule has 0 aromatic carbocycles. The van der Waals surface area contributed by atoms with E-state index in [2.05, 4.69) is 20.8 Å². The van der Waals surface area contributed by atoms with Crippen molar-refractivity contribution >= 4 is 0 Å². The SMILES string of the molecule is CC.CCC1CC(C)(CC)C1. The quantitative estimate of drug-likeness (QED) is 0.560. The zero-order valence-electron chi connectivity index (χ0n) is 8.91. The largest absolute Gasteiger partial charge is 0.0683 e. The maximum absolute atomic E-state index is 2.42. The van der Waals surface area contributed by atoms with Crippen LogP contribution in [-0.4, -0.2) is 0 Å². The molecule has 0 heteroatoms. The predicted molar refractivity (Wildman–Crippen MR) is 52.8 cm³/mol. The first-order valence-corrected chi connectivity index (χ1v) is 5.20. The van der Waals surface area contributed by atoms with E-state index in [1.165, 1.54) is 25.7 Å². The molecule has 0 radical (unpaired) electrons. The van der Waals surface area contributed by atoms with E-state index in [4.69, 9.17) is 0 Å². The van der Waals surface area contributed by atoms with Gasteiger partial charge < -0.3 is 0 Å². The third-order valence-electron chi connectivity index (χ3n) is 2.99. The molecule has 0 spiro atoms. The van der Waals surface area contributed by atoms with Gasteiger partial charge in [0.1, 0.15) is 0 Å². The van der Waals surface area contributed by atoms with Crippen molar-refractivity contribution in [1.29, 1.82) is 0 Å². The van der Waals surface area contributed by atoms with Crippen LogP contribution in [0.1, 0.15) is 60.3 Å². The molecular weight excluding hydrogens is 132 g/mol. The van der Waals surface area contributed by atoms with Crippen molar-refractivity contribution in [3.8, 4) is 0 Å². The summed E-state index contributed by atoms with van der Waals surface area (Å²) in [6, 6.07) is 0. The van der Waals surface area contributed by atoms with E-state index in [1.807, 2.05) is 13.8 Å². The summed E-state index contributed by atoms with van der Waals surface area (Å²) in [7, 11) is 0. The Kier molecular flexibility index (Phi) is 4.79. The number of hydrogen-bond acceptors (Lipinski definition) is 0. The van der Waals surface area contributed by atoms with Gasteiger partial charge in [0.2, 0.25) is 0 Å². The van der Waals surface area contributed by atoms with Crippen LogP contribution in [0.2, 0.25) is 0 Å². The van der Waals surface area contributed by atoms with Gasteiger partial charge >= 0.3 is 0 Å². The minimum Gasteiger partial charge on any atom is -0.0683 e. The molecule has 0 saturated heterocycles. The minimum atomic E-state index is 0.737. The average molecular weight is 156 g/mol. The van der Waals surface area contributed by atoms with Crippen molar-refractivity contribution in [1.82, 2.24) is 0 Å². The van der Waals surface area contributed by atoms with Crippen molar-refractivity contribution in [2.45, 2.75) is 60.3 Å². The summed E-state index contributed by atoms with van der Waals surface area (Å²) in [6.45, 7) is 11.0. The molecule has 11 heavy (non-hydrogen) atoms. The standard InChI is InChI=1S/C9H18.C2H6/c1-4-8-6-9(3,5-2)7-8;1-2/h8H,4-7H2,1-3H3;1-2H3. The smallest absolute Gasteiger partial charge is 0.0323 e. The van der Waals surface area contributed by atoms with E-state index in [9.17, 15) is 0 Å². The fourth-order valence-electron chi connectivity index (χ4n) is 1.91. The summed E-state index contributed by atoms with van der Waals surface area (Å²) < 4.78 is 0. The summed E-state index contributed by atoms with van der Waals surface area (Å²) >= 11 is 0. The first kappa shape index (κ1) is 11.0. The van der Waals surface area contributed by atoms with Crippen LogP contribution in [0.15, 0.2) is 0 Å². The molecule has 0 amide bonds. The molecule has 1 rings (SSSR count).